The Hall–Kier alpha value is -0.580. The van der Waals surface area contributed by atoms with Gasteiger partial charge in [-0.3, -0.25) is 4.79 Å². The second kappa shape index (κ2) is 4.51. The summed E-state index contributed by atoms with van der Waals surface area (Å²) in [6, 6.07) is 7.86. The van der Waals surface area contributed by atoms with Crippen LogP contribution in [-0.2, 0) is 4.79 Å². The molecule has 15 heavy (non-hydrogen) atoms. The van der Waals surface area contributed by atoms with Gasteiger partial charge in [0.1, 0.15) is 0 Å². The fraction of sp³-hybridized carbons (Fsp3) is 0.417. The van der Waals surface area contributed by atoms with Gasteiger partial charge in [-0.1, -0.05) is 19.1 Å². The number of rotatable bonds is 3. The van der Waals surface area contributed by atoms with E-state index in [1.54, 1.807) is 0 Å². The third-order valence-corrected chi connectivity index (χ3v) is 3.82. The van der Waals surface area contributed by atoms with Crippen molar-refractivity contribution in [1.29, 1.82) is 0 Å². The van der Waals surface area contributed by atoms with Gasteiger partial charge in [-0.2, -0.15) is 0 Å². The number of hydrogen-bond donors (Lipinski definition) is 1. The van der Waals surface area contributed by atoms with Crippen LogP contribution in [0.4, 0.5) is 5.69 Å². The number of para-hydroxylation sites is 1. The zero-order valence-corrected chi connectivity index (χ0v) is 10.8. The van der Waals surface area contributed by atoms with Gasteiger partial charge in [0.2, 0.25) is 5.91 Å². The molecule has 1 N–H and O–H groups in total. The number of benzene rings is 1. The second-order valence-corrected chi connectivity index (χ2v) is 5.26. The Morgan fingerprint density at radius 3 is 2.73 bits per heavy atom. The zero-order valence-electron chi connectivity index (χ0n) is 8.66. The summed E-state index contributed by atoms with van der Waals surface area (Å²) in [5.41, 5.74) is 0.926. The SMILES string of the molecule is CC(C(=O)Nc1ccccc1I)C1CC1. The number of anilines is 1. The molecule has 3 heteroatoms. The Balaban J connectivity index is 2.02. The minimum atomic E-state index is 0.154. The minimum Gasteiger partial charge on any atom is -0.325 e. The Morgan fingerprint density at radius 1 is 1.47 bits per heavy atom. The quantitative estimate of drug-likeness (QED) is 0.852. The largest absolute Gasteiger partial charge is 0.325 e. The first-order valence-corrected chi connectivity index (χ1v) is 6.32. The zero-order chi connectivity index (χ0) is 10.8. The van der Waals surface area contributed by atoms with Gasteiger partial charge in [-0.25, -0.2) is 0 Å². The Labute approximate surface area is 104 Å². The lowest BCUT2D eigenvalue weighted by molar-refractivity contribution is -0.119. The number of carbonyl (C=O) groups is 1. The van der Waals surface area contributed by atoms with Crippen LogP contribution in [0.2, 0.25) is 0 Å². The normalized spacial score (nSPS) is 17.2. The maximum absolute atomic E-state index is 11.8. The Kier molecular flexibility index (Phi) is 3.29. The summed E-state index contributed by atoms with van der Waals surface area (Å²) < 4.78 is 1.09. The van der Waals surface area contributed by atoms with Gasteiger partial charge in [-0.15, -0.1) is 0 Å². The molecule has 1 aromatic rings. The van der Waals surface area contributed by atoms with E-state index in [0.29, 0.717) is 5.92 Å². The molecule has 0 heterocycles. The third-order valence-electron chi connectivity index (χ3n) is 2.87. The highest BCUT2D eigenvalue weighted by molar-refractivity contribution is 14.1. The molecule has 1 atom stereocenters. The molecule has 1 unspecified atom stereocenters. The molecule has 0 radical (unpaired) electrons. The number of carbonyl (C=O) groups excluding carboxylic acids is 1. The van der Waals surface area contributed by atoms with Crippen LogP contribution in [0, 0.1) is 15.4 Å². The topological polar surface area (TPSA) is 29.1 Å². The van der Waals surface area contributed by atoms with E-state index < -0.39 is 0 Å². The molecule has 2 rings (SSSR count). The molecule has 0 aromatic heterocycles. The van der Waals surface area contributed by atoms with Crippen molar-refractivity contribution in [2.45, 2.75) is 19.8 Å². The second-order valence-electron chi connectivity index (χ2n) is 4.10. The molecule has 0 saturated heterocycles. The highest BCUT2D eigenvalue weighted by Crippen LogP contribution is 2.37. The molecule has 0 bridgehead atoms. The van der Waals surface area contributed by atoms with Crippen molar-refractivity contribution in [3.8, 4) is 0 Å². The van der Waals surface area contributed by atoms with Crippen molar-refractivity contribution in [2.75, 3.05) is 5.32 Å². The first-order chi connectivity index (χ1) is 7.18. The summed E-state index contributed by atoms with van der Waals surface area (Å²) in [5.74, 6) is 0.925. The van der Waals surface area contributed by atoms with Crippen molar-refractivity contribution in [2.24, 2.45) is 11.8 Å². The van der Waals surface area contributed by atoms with E-state index in [-0.39, 0.29) is 11.8 Å². The van der Waals surface area contributed by atoms with Gasteiger partial charge >= 0.3 is 0 Å². The number of halogens is 1. The van der Waals surface area contributed by atoms with Crippen LogP contribution in [-0.4, -0.2) is 5.91 Å². The molecule has 80 valence electrons. The lowest BCUT2D eigenvalue weighted by atomic mass is 10.1. The molecule has 0 spiro atoms. The van der Waals surface area contributed by atoms with Crippen LogP contribution >= 0.6 is 22.6 Å². The highest BCUT2D eigenvalue weighted by Gasteiger charge is 2.32. The van der Waals surface area contributed by atoms with Crippen LogP contribution < -0.4 is 5.32 Å². The van der Waals surface area contributed by atoms with Gasteiger partial charge in [0.05, 0.1) is 5.69 Å². The average Bonchev–Trinajstić information content (AvgIpc) is 3.04. The van der Waals surface area contributed by atoms with Crippen LogP contribution in [0.3, 0.4) is 0 Å². The van der Waals surface area contributed by atoms with Crippen molar-refractivity contribution in [3.63, 3.8) is 0 Å². The van der Waals surface area contributed by atoms with Crippen molar-refractivity contribution < 1.29 is 4.79 Å². The molecule has 0 aliphatic heterocycles. The van der Waals surface area contributed by atoms with Gasteiger partial charge < -0.3 is 5.32 Å². The van der Waals surface area contributed by atoms with Crippen LogP contribution in [0.5, 0.6) is 0 Å². The molecule has 1 saturated carbocycles. The van der Waals surface area contributed by atoms with Gasteiger partial charge in [0.25, 0.3) is 0 Å². The number of hydrogen-bond acceptors (Lipinski definition) is 1. The molecule has 1 fully saturated rings. The summed E-state index contributed by atoms with van der Waals surface area (Å²) >= 11 is 2.24. The Morgan fingerprint density at radius 2 is 2.13 bits per heavy atom. The van der Waals surface area contributed by atoms with E-state index in [1.165, 1.54) is 12.8 Å². The van der Waals surface area contributed by atoms with E-state index in [4.69, 9.17) is 0 Å². The minimum absolute atomic E-state index is 0.154. The first-order valence-electron chi connectivity index (χ1n) is 5.24. The summed E-state index contributed by atoms with van der Waals surface area (Å²) in [6.45, 7) is 2.02. The molecular formula is C12H14INO. The van der Waals surface area contributed by atoms with E-state index in [0.717, 1.165) is 9.26 Å². The van der Waals surface area contributed by atoms with Crippen molar-refractivity contribution in [3.05, 3.63) is 27.8 Å². The fourth-order valence-corrected chi connectivity index (χ4v) is 2.14. The summed E-state index contributed by atoms with van der Waals surface area (Å²) in [4.78, 5) is 11.8. The van der Waals surface area contributed by atoms with Gasteiger partial charge in [-0.05, 0) is 53.5 Å². The van der Waals surface area contributed by atoms with E-state index in [1.807, 2.05) is 31.2 Å². The van der Waals surface area contributed by atoms with Crippen LogP contribution in [0.25, 0.3) is 0 Å². The predicted octanol–water partition coefficient (Wildman–Crippen LogP) is 3.28. The summed E-state index contributed by atoms with van der Waals surface area (Å²) in [6.07, 6.45) is 2.42. The molecule has 2 nitrogen and oxygen atoms in total. The summed E-state index contributed by atoms with van der Waals surface area (Å²) in [5, 5.41) is 2.98. The van der Waals surface area contributed by atoms with Gasteiger partial charge in [0, 0.05) is 9.49 Å². The third kappa shape index (κ3) is 2.71. The lowest BCUT2D eigenvalue weighted by Gasteiger charge is -2.11. The van der Waals surface area contributed by atoms with E-state index >= 15 is 0 Å². The standard InChI is InChI=1S/C12H14INO/c1-8(9-6-7-9)12(15)14-11-5-3-2-4-10(11)13/h2-5,8-9H,6-7H2,1H3,(H,14,15). The lowest BCUT2D eigenvalue weighted by Crippen LogP contribution is -2.22. The maximum atomic E-state index is 11.8. The van der Waals surface area contributed by atoms with Gasteiger partial charge in [0.15, 0.2) is 0 Å². The molecule has 1 aliphatic carbocycles. The maximum Gasteiger partial charge on any atom is 0.227 e. The predicted molar refractivity (Wildman–Crippen MR) is 69.7 cm³/mol. The van der Waals surface area contributed by atoms with Crippen LogP contribution in [0.1, 0.15) is 19.8 Å². The van der Waals surface area contributed by atoms with E-state index in [9.17, 15) is 4.79 Å². The number of nitrogens with one attached hydrogen (secondary N) is 1. The fourth-order valence-electron chi connectivity index (χ4n) is 1.62. The van der Waals surface area contributed by atoms with Crippen molar-refractivity contribution in [1.82, 2.24) is 0 Å². The summed E-state index contributed by atoms with van der Waals surface area (Å²) in [7, 11) is 0. The van der Waals surface area contributed by atoms with E-state index in [2.05, 4.69) is 27.9 Å². The first kappa shape index (κ1) is 10.9. The molecule has 1 amide bonds. The number of amides is 1. The average molecular weight is 315 g/mol. The molecular weight excluding hydrogens is 301 g/mol. The van der Waals surface area contributed by atoms with Crippen LogP contribution in [0.15, 0.2) is 24.3 Å². The van der Waals surface area contributed by atoms with Crippen molar-refractivity contribution >= 4 is 34.2 Å². The Bertz CT molecular complexity index is 374. The molecule has 1 aromatic carbocycles. The monoisotopic (exact) mass is 315 g/mol. The molecule has 1 aliphatic rings. The smallest absolute Gasteiger partial charge is 0.227 e. The highest BCUT2D eigenvalue weighted by atomic mass is 127.